The summed E-state index contributed by atoms with van der Waals surface area (Å²) in [5.74, 6) is 0.960. The van der Waals surface area contributed by atoms with Crippen molar-refractivity contribution < 1.29 is 4.74 Å². The summed E-state index contributed by atoms with van der Waals surface area (Å²) in [5.41, 5.74) is 9.14. The topological polar surface area (TPSA) is 38.5 Å². The molecule has 0 amide bonds. The standard InChI is InChI=1S/C18H24N2O/c1-14(11-16-8-4-5-10-18(16)21-3)20(2)13-15-7-6-9-17(19)12-15/h4-10,12,14H,11,13,19H2,1-3H3. The number of likely N-dealkylation sites (N-methyl/N-ethyl adjacent to an activating group) is 1. The molecule has 0 fully saturated rings. The number of nitrogens with zero attached hydrogens (tertiary/aromatic N) is 1. The molecule has 0 saturated heterocycles. The molecule has 0 spiro atoms. The van der Waals surface area contributed by atoms with E-state index in [9.17, 15) is 0 Å². The number of ether oxygens (including phenoxy) is 1. The quantitative estimate of drug-likeness (QED) is 0.827. The largest absolute Gasteiger partial charge is 0.496 e. The average Bonchev–Trinajstić information content (AvgIpc) is 2.47. The molecule has 0 saturated carbocycles. The molecule has 112 valence electrons. The molecule has 0 aliphatic rings. The predicted octanol–water partition coefficient (Wildman–Crippen LogP) is 3.34. The van der Waals surface area contributed by atoms with Crippen LogP contribution in [-0.2, 0) is 13.0 Å². The van der Waals surface area contributed by atoms with Gasteiger partial charge in [0.1, 0.15) is 5.75 Å². The Bertz CT molecular complexity index is 583. The van der Waals surface area contributed by atoms with Crippen LogP contribution in [-0.4, -0.2) is 25.1 Å². The van der Waals surface area contributed by atoms with Crippen LogP contribution in [0.5, 0.6) is 5.75 Å². The normalized spacial score (nSPS) is 12.4. The number of para-hydroxylation sites is 1. The fourth-order valence-corrected chi connectivity index (χ4v) is 2.48. The van der Waals surface area contributed by atoms with Gasteiger partial charge in [0.25, 0.3) is 0 Å². The second-order valence-corrected chi connectivity index (χ2v) is 5.53. The minimum absolute atomic E-state index is 0.419. The highest BCUT2D eigenvalue weighted by Crippen LogP contribution is 2.21. The van der Waals surface area contributed by atoms with Crippen LogP contribution < -0.4 is 10.5 Å². The number of hydrogen-bond acceptors (Lipinski definition) is 3. The minimum atomic E-state index is 0.419. The third kappa shape index (κ3) is 4.23. The molecule has 0 aliphatic heterocycles. The van der Waals surface area contributed by atoms with Crippen molar-refractivity contribution in [1.29, 1.82) is 0 Å². The monoisotopic (exact) mass is 284 g/mol. The number of rotatable bonds is 6. The van der Waals surface area contributed by atoms with Crippen molar-refractivity contribution in [3.8, 4) is 5.75 Å². The highest BCUT2D eigenvalue weighted by atomic mass is 16.5. The van der Waals surface area contributed by atoms with Crippen LogP contribution in [0.2, 0.25) is 0 Å². The smallest absolute Gasteiger partial charge is 0.122 e. The molecular formula is C18H24N2O. The van der Waals surface area contributed by atoms with Crippen LogP contribution in [0.25, 0.3) is 0 Å². The summed E-state index contributed by atoms with van der Waals surface area (Å²) in [7, 11) is 3.86. The van der Waals surface area contributed by atoms with Gasteiger partial charge < -0.3 is 10.5 Å². The summed E-state index contributed by atoms with van der Waals surface area (Å²) in [6, 6.07) is 16.7. The molecule has 3 nitrogen and oxygen atoms in total. The molecule has 21 heavy (non-hydrogen) atoms. The second kappa shape index (κ2) is 7.14. The SMILES string of the molecule is COc1ccccc1CC(C)N(C)Cc1cccc(N)c1. The molecule has 1 unspecified atom stereocenters. The molecule has 0 bridgehead atoms. The van der Waals surface area contributed by atoms with Gasteiger partial charge in [-0.05, 0) is 49.7 Å². The Morgan fingerprint density at radius 2 is 1.90 bits per heavy atom. The highest BCUT2D eigenvalue weighted by Gasteiger charge is 2.13. The highest BCUT2D eigenvalue weighted by molar-refractivity contribution is 5.40. The third-order valence-electron chi connectivity index (χ3n) is 3.84. The summed E-state index contributed by atoms with van der Waals surface area (Å²) in [5, 5.41) is 0. The van der Waals surface area contributed by atoms with Crippen molar-refractivity contribution >= 4 is 5.69 Å². The van der Waals surface area contributed by atoms with Crippen molar-refractivity contribution in [2.45, 2.75) is 25.9 Å². The first-order valence-corrected chi connectivity index (χ1v) is 7.26. The summed E-state index contributed by atoms with van der Waals surface area (Å²) < 4.78 is 5.42. The van der Waals surface area contributed by atoms with Gasteiger partial charge >= 0.3 is 0 Å². The maximum atomic E-state index is 5.84. The molecular weight excluding hydrogens is 260 g/mol. The van der Waals surface area contributed by atoms with E-state index in [2.05, 4.69) is 37.1 Å². The lowest BCUT2D eigenvalue weighted by molar-refractivity contribution is 0.246. The number of anilines is 1. The van der Waals surface area contributed by atoms with E-state index in [1.807, 2.05) is 30.3 Å². The van der Waals surface area contributed by atoms with Gasteiger partial charge in [0.2, 0.25) is 0 Å². The van der Waals surface area contributed by atoms with Crippen molar-refractivity contribution in [3.05, 3.63) is 59.7 Å². The van der Waals surface area contributed by atoms with Gasteiger partial charge in [-0.1, -0.05) is 30.3 Å². The predicted molar refractivity (Wildman–Crippen MR) is 88.5 cm³/mol. The van der Waals surface area contributed by atoms with E-state index in [0.29, 0.717) is 6.04 Å². The Morgan fingerprint density at radius 3 is 2.62 bits per heavy atom. The molecule has 2 aromatic rings. The van der Waals surface area contributed by atoms with Crippen molar-refractivity contribution in [2.24, 2.45) is 0 Å². The minimum Gasteiger partial charge on any atom is -0.496 e. The van der Waals surface area contributed by atoms with Crippen molar-refractivity contribution in [3.63, 3.8) is 0 Å². The van der Waals surface area contributed by atoms with Gasteiger partial charge in [0, 0.05) is 18.3 Å². The molecule has 0 radical (unpaired) electrons. The first-order chi connectivity index (χ1) is 10.1. The van der Waals surface area contributed by atoms with Crippen molar-refractivity contribution in [2.75, 3.05) is 19.9 Å². The number of benzene rings is 2. The first-order valence-electron chi connectivity index (χ1n) is 7.26. The molecule has 2 rings (SSSR count). The van der Waals surface area contributed by atoms with Crippen LogP contribution in [0, 0.1) is 0 Å². The van der Waals surface area contributed by atoms with Gasteiger partial charge in [-0.2, -0.15) is 0 Å². The maximum absolute atomic E-state index is 5.84. The average molecular weight is 284 g/mol. The Hall–Kier alpha value is -2.00. The van der Waals surface area contributed by atoms with Crippen LogP contribution in [0.4, 0.5) is 5.69 Å². The molecule has 0 aromatic heterocycles. The van der Waals surface area contributed by atoms with E-state index in [-0.39, 0.29) is 0 Å². The van der Waals surface area contributed by atoms with Crippen molar-refractivity contribution in [1.82, 2.24) is 4.90 Å². The van der Waals surface area contributed by atoms with E-state index in [1.165, 1.54) is 11.1 Å². The van der Waals surface area contributed by atoms with Gasteiger partial charge in [-0.15, -0.1) is 0 Å². The number of methoxy groups -OCH3 is 1. The van der Waals surface area contributed by atoms with E-state index in [0.717, 1.165) is 24.4 Å². The number of nitrogen functional groups attached to an aromatic ring is 1. The molecule has 3 heteroatoms. The molecule has 0 aliphatic carbocycles. The fraction of sp³-hybridized carbons (Fsp3) is 0.333. The Morgan fingerprint density at radius 1 is 1.14 bits per heavy atom. The van der Waals surface area contributed by atoms with Crippen LogP contribution in [0.3, 0.4) is 0 Å². The third-order valence-corrected chi connectivity index (χ3v) is 3.84. The van der Waals surface area contributed by atoms with E-state index in [1.54, 1.807) is 7.11 Å². The molecule has 2 N–H and O–H groups in total. The fourth-order valence-electron chi connectivity index (χ4n) is 2.48. The van der Waals surface area contributed by atoms with Gasteiger partial charge in [0.05, 0.1) is 7.11 Å². The lowest BCUT2D eigenvalue weighted by Crippen LogP contribution is -2.30. The molecule has 0 heterocycles. The Labute approximate surface area is 127 Å². The van der Waals surface area contributed by atoms with Crippen LogP contribution in [0.1, 0.15) is 18.1 Å². The summed E-state index contributed by atoms with van der Waals surface area (Å²) in [4.78, 5) is 2.33. The van der Waals surface area contributed by atoms with Crippen LogP contribution in [0.15, 0.2) is 48.5 Å². The lowest BCUT2D eigenvalue weighted by atomic mass is 10.0. The molecule has 2 aromatic carbocycles. The summed E-state index contributed by atoms with van der Waals surface area (Å²) in [6.45, 7) is 3.13. The summed E-state index contributed by atoms with van der Waals surface area (Å²) >= 11 is 0. The van der Waals surface area contributed by atoms with E-state index in [4.69, 9.17) is 10.5 Å². The Kier molecular flexibility index (Phi) is 5.23. The Balaban J connectivity index is 2.01. The summed E-state index contributed by atoms with van der Waals surface area (Å²) in [6.07, 6.45) is 0.961. The zero-order valence-electron chi connectivity index (χ0n) is 13.0. The van der Waals surface area contributed by atoms with E-state index < -0.39 is 0 Å². The first kappa shape index (κ1) is 15.4. The maximum Gasteiger partial charge on any atom is 0.122 e. The lowest BCUT2D eigenvalue weighted by Gasteiger charge is -2.25. The molecule has 1 atom stereocenters. The number of hydrogen-bond donors (Lipinski definition) is 1. The van der Waals surface area contributed by atoms with E-state index >= 15 is 0 Å². The zero-order valence-corrected chi connectivity index (χ0v) is 13.0. The second-order valence-electron chi connectivity index (χ2n) is 5.53. The van der Waals surface area contributed by atoms with Crippen LogP contribution >= 0.6 is 0 Å². The number of nitrogens with two attached hydrogens (primary N) is 1. The zero-order chi connectivity index (χ0) is 15.2. The van der Waals surface area contributed by atoms with Gasteiger partial charge in [-0.3, -0.25) is 4.90 Å². The van der Waals surface area contributed by atoms with Gasteiger partial charge in [0.15, 0.2) is 0 Å². The van der Waals surface area contributed by atoms with Gasteiger partial charge in [-0.25, -0.2) is 0 Å².